The molecule has 0 amide bonds. The van der Waals surface area contributed by atoms with Crippen molar-refractivity contribution in [3.8, 4) is 0 Å². The standard InChI is InChI=1S/C8H14O2/c1-3-5-6-10-7-8(9)4-2/h3,5H,4,6-7H2,1-2H3. The molecule has 0 fully saturated rings. The number of Topliss-reactive ketones (excluding diaryl/α,β-unsaturated/α-hetero) is 1. The second-order valence-corrected chi connectivity index (χ2v) is 1.98. The van der Waals surface area contributed by atoms with Crippen molar-refractivity contribution < 1.29 is 9.53 Å². The zero-order valence-corrected chi connectivity index (χ0v) is 6.59. The van der Waals surface area contributed by atoms with Gasteiger partial charge in [-0.3, -0.25) is 4.79 Å². The molecule has 0 atom stereocenters. The minimum atomic E-state index is 0.157. The van der Waals surface area contributed by atoms with Crippen LogP contribution in [0.2, 0.25) is 0 Å². The van der Waals surface area contributed by atoms with E-state index in [0.717, 1.165) is 0 Å². The van der Waals surface area contributed by atoms with Gasteiger partial charge in [0.05, 0.1) is 6.61 Å². The molecule has 0 N–H and O–H groups in total. The van der Waals surface area contributed by atoms with Gasteiger partial charge in [0.1, 0.15) is 6.61 Å². The quantitative estimate of drug-likeness (QED) is 0.430. The Balaban J connectivity index is 3.11. The van der Waals surface area contributed by atoms with Gasteiger partial charge in [0.25, 0.3) is 0 Å². The zero-order chi connectivity index (χ0) is 7.82. The topological polar surface area (TPSA) is 26.3 Å². The highest BCUT2D eigenvalue weighted by Crippen LogP contribution is 1.83. The second kappa shape index (κ2) is 6.49. The summed E-state index contributed by atoms with van der Waals surface area (Å²) >= 11 is 0. The smallest absolute Gasteiger partial charge is 0.158 e. The second-order valence-electron chi connectivity index (χ2n) is 1.98. The lowest BCUT2D eigenvalue weighted by Crippen LogP contribution is -2.06. The maximum Gasteiger partial charge on any atom is 0.158 e. The monoisotopic (exact) mass is 142 g/mol. The Morgan fingerprint density at radius 1 is 1.60 bits per heavy atom. The van der Waals surface area contributed by atoms with Crippen LogP contribution in [-0.2, 0) is 9.53 Å². The summed E-state index contributed by atoms with van der Waals surface area (Å²) in [7, 11) is 0. The third kappa shape index (κ3) is 5.51. The molecule has 58 valence electrons. The van der Waals surface area contributed by atoms with Gasteiger partial charge in [0, 0.05) is 6.42 Å². The van der Waals surface area contributed by atoms with Crippen LogP contribution in [0.15, 0.2) is 12.2 Å². The maximum absolute atomic E-state index is 10.6. The van der Waals surface area contributed by atoms with Gasteiger partial charge in [-0.1, -0.05) is 19.1 Å². The van der Waals surface area contributed by atoms with Gasteiger partial charge in [-0.05, 0) is 6.92 Å². The van der Waals surface area contributed by atoms with Gasteiger partial charge < -0.3 is 4.74 Å². The van der Waals surface area contributed by atoms with Crippen LogP contribution in [0.25, 0.3) is 0 Å². The fourth-order valence-corrected chi connectivity index (χ4v) is 0.439. The van der Waals surface area contributed by atoms with Gasteiger partial charge in [-0.15, -0.1) is 0 Å². The molecule has 0 unspecified atom stereocenters. The Kier molecular flexibility index (Phi) is 6.08. The van der Waals surface area contributed by atoms with E-state index < -0.39 is 0 Å². The lowest BCUT2D eigenvalue weighted by molar-refractivity contribution is -0.122. The highest BCUT2D eigenvalue weighted by Gasteiger charge is 1.94. The van der Waals surface area contributed by atoms with E-state index in [0.29, 0.717) is 13.0 Å². The molecule has 10 heavy (non-hydrogen) atoms. The number of carbonyl (C=O) groups is 1. The van der Waals surface area contributed by atoms with Crippen LogP contribution < -0.4 is 0 Å². The Labute approximate surface area is 61.9 Å². The van der Waals surface area contributed by atoms with Crippen molar-refractivity contribution in [2.45, 2.75) is 20.3 Å². The summed E-state index contributed by atoms with van der Waals surface area (Å²) in [6.45, 7) is 4.55. The van der Waals surface area contributed by atoms with Crippen molar-refractivity contribution in [1.29, 1.82) is 0 Å². The predicted molar refractivity (Wildman–Crippen MR) is 40.9 cm³/mol. The molecule has 0 radical (unpaired) electrons. The van der Waals surface area contributed by atoms with Crippen LogP contribution in [0.4, 0.5) is 0 Å². The van der Waals surface area contributed by atoms with E-state index in [1.54, 1.807) is 0 Å². The van der Waals surface area contributed by atoms with Crippen LogP contribution in [0, 0.1) is 0 Å². The highest BCUT2D eigenvalue weighted by molar-refractivity contribution is 5.79. The fourth-order valence-electron chi connectivity index (χ4n) is 0.439. The van der Waals surface area contributed by atoms with Crippen molar-refractivity contribution in [3.63, 3.8) is 0 Å². The Bertz CT molecular complexity index is 116. The molecule has 0 aliphatic carbocycles. The average Bonchev–Trinajstić information content (AvgIpc) is 1.98. The van der Waals surface area contributed by atoms with E-state index in [-0.39, 0.29) is 12.4 Å². The molecule has 0 saturated carbocycles. The molecule has 0 heterocycles. The van der Waals surface area contributed by atoms with Crippen LogP contribution in [0.3, 0.4) is 0 Å². The number of hydrogen-bond acceptors (Lipinski definition) is 2. The molecule has 0 aromatic rings. The minimum absolute atomic E-state index is 0.157. The van der Waals surface area contributed by atoms with Crippen molar-refractivity contribution >= 4 is 5.78 Å². The molecule has 2 heteroatoms. The third-order valence-electron chi connectivity index (χ3n) is 1.11. The molecule has 0 rings (SSSR count). The Hall–Kier alpha value is -0.630. The molecule has 0 saturated heterocycles. The molecule has 0 aromatic carbocycles. The first-order chi connectivity index (χ1) is 4.81. The number of ether oxygens (including phenoxy) is 1. The van der Waals surface area contributed by atoms with Crippen LogP contribution in [0.5, 0.6) is 0 Å². The predicted octanol–water partition coefficient (Wildman–Crippen LogP) is 1.56. The van der Waals surface area contributed by atoms with E-state index in [9.17, 15) is 4.79 Å². The molecule has 0 aromatic heterocycles. The first-order valence-electron chi connectivity index (χ1n) is 3.51. The molecular formula is C8H14O2. The summed E-state index contributed by atoms with van der Waals surface area (Å²) < 4.78 is 4.99. The highest BCUT2D eigenvalue weighted by atomic mass is 16.5. The van der Waals surface area contributed by atoms with Crippen LogP contribution in [-0.4, -0.2) is 19.0 Å². The SMILES string of the molecule is CC=CCOCC(=O)CC. The lowest BCUT2D eigenvalue weighted by atomic mass is 10.3. The third-order valence-corrected chi connectivity index (χ3v) is 1.11. The fraction of sp³-hybridized carbons (Fsp3) is 0.625. The number of ketones is 1. The first-order valence-corrected chi connectivity index (χ1v) is 3.51. The van der Waals surface area contributed by atoms with Gasteiger partial charge >= 0.3 is 0 Å². The summed E-state index contributed by atoms with van der Waals surface area (Å²) in [4.78, 5) is 10.6. The largest absolute Gasteiger partial charge is 0.370 e. The Morgan fingerprint density at radius 2 is 2.30 bits per heavy atom. The summed E-state index contributed by atoms with van der Waals surface area (Å²) in [5.74, 6) is 0.157. The van der Waals surface area contributed by atoms with Crippen molar-refractivity contribution in [3.05, 3.63) is 12.2 Å². The van der Waals surface area contributed by atoms with Crippen molar-refractivity contribution in [2.24, 2.45) is 0 Å². The zero-order valence-electron chi connectivity index (χ0n) is 6.59. The Morgan fingerprint density at radius 3 is 2.80 bits per heavy atom. The average molecular weight is 142 g/mol. The maximum atomic E-state index is 10.6. The number of hydrogen-bond donors (Lipinski definition) is 0. The van der Waals surface area contributed by atoms with Crippen LogP contribution in [0.1, 0.15) is 20.3 Å². The number of carbonyl (C=O) groups excluding carboxylic acids is 1. The van der Waals surface area contributed by atoms with Gasteiger partial charge in [0.2, 0.25) is 0 Å². The summed E-state index contributed by atoms with van der Waals surface area (Å²) in [5.41, 5.74) is 0. The van der Waals surface area contributed by atoms with E-state index >= 15 is 0 Å². The van der Waals surface area contributed by atoms with E-state index in [2.05, 4.69) is 0 Å². The molecule has 0 aliphatic heterocycles. The normalized spacial score (nSPS) is 10.6. The van der Waals surface area contributed by atoms with Crippen molar-refractivity contribution in [1.82, 2.24) is 0 Å². The summed E-state index contributed by atoms with van der Waals surface area (Å²) in [5, 5.41) is 0. The van der Waals surface area contributed by atoms with Gasteiger partial charge in [-0.2, -0.15) is 0 Å². The molecule has 0 aliphatic rings. The molecule has 0 bridgehead atoms. The lowest BCUT2D eigenvalue weighted by Gasteiger charge is -1.96. The van der Waals surface area contributed by atoms with Crippen molar-refractivity contribution in [2.75, 3.05) is 13.2 Å². The van der Waals surface area contributed by atoms with E-state index in [1.165, 1.54) is 0 Å². The number of rotatable bonds is 5. The van der Waals surface area contributed by atoms with Gasteiger partial charge in [-0.25, -0.2) is 0 Å². The van der Waals surface area contributed by atoms with Crippen LogP contribution >= 0.6 is 0 Å². The molecular weight excluding hydrogens is 128 g/mol. The first kappa shape index (κ1) is 9.37. The minimum Gasteiger partial charge on any atom is -0.370 e. The van der Waals surface area contributed by atoms with E-state index in [4.69, 9.17) is 4.74 Å². The number of allylic oxidation sites excluding steroid dienone is 1. The summed E-state index contributed by atoms with van der Waals surface area (Å²) in [6.07, 6.45) is 4.34. The van der Waals surface area contributed by atoms with Gasteiger partial charge in [0.15, 0.2) is 5.78 Å². The van der Waals surface area contributed by atoms with E-state index in [1.807, 2.05) is 26.0 Å². The molecule has 0 spiro atoms. The summed E-state index contributed by atoms with van der Waals surface area (Å²) in [6, 6.07) is 0. The molecule has 2 nitrogen and oxygen atoms in total.